The molecule has 2 rings (SSSR count). The van der Waals surface area contributed by atoms with E-state index in [0.29, 0.717) is 6.04 Å². The summed E-state index contributed by atoms with van der Waals surface area (Å²) in [5, 5.41) is 3.52. The van der Waals surface area contributed by atoms with Crippen LogP contribution in [0.3, 0.4) is 0 Å². The first-order valence-electron chi connectivity index (χ1n) is 7.19. The third-order valence-corrected chi connectivity index (χ3v) is 5.72. The van der Waals surface area contributed by atoms with Crippen LogP contribution in [0.1, 0.15) is 49.8 Å². The highest BCUT2D eigenvalue weighted by atomic mass is 79.9. The predicted molar refractivity (Wildman–Crippen MR) is 84.4 cm³/mol. The van der Waals surface area contributed by atoms with Crippen molar-refractivity contribution in [1.82, 2.24) is 5.32 Å². The predicted octanol–water partition coefficient (Wildman–Crippen LogP) is 5.00. The Hall–Kier alpha value is 0.140. The Morgan fingerprint density at radius 1 is 1.28 bits per heavy atom. The summed E-state index contributed by atoms with van der Waals surface area (Å²) in [6, 6.07) is 5.07. The first-order chi connectivity index (χ1) is 8.78. The molecule has 1 aromatic heterocycles. The number of hydrogen-bond donors (Lipinski definition) is 1. The molecule has 0 amide bonds. The lowest BCUT2D eigenvalue weighted by molar-refractivity contribution is 0.362. The molecule has 1 unspecified atom stereocenters. The van der Waals surface area contributed by atoms with Gasteiger partial charge in [-0.3, -0.25) is 0 Å². The lowest BCUT2D eigenvalue weighted by Gasteiger charge is -2.21. The molecule has 0 spiro atoms. The van der Waals surface area contributed by atoms with E-state index in [4.69, 9.17) is 0 Å². The van der Waals surface area contributed by atoms with Gasteiger partial charge >= 0.3 is 0 Å². The molecule has 18 heavy (non-hydrogen) atoms. The average Bonchev–Trinajstić information content (AvgIpc) is 2.63. The van der Waals surface area contributed by atoms with E-state index in [2.05, 4.69) is 40.4 Å². The van der Waals surface area contributed by atoms with Gasteiger partial charge in [0, 0.05) is 10.9 Å². The Labute approximate surface area is 123 Å². The van der Waals surface area contributed by atoms with Crippen LogP contribution in [0.15, 0.2) is 15.9 Å². The van der Waals surface area contributed by atoms with Crippen molar-refractivity contribution in [2.24, 2.45) is 5.92 Å². The average molecular weight is 330 g/mol. The van der Waals surface area contributed by atoms with E-state index in [9.17, 15) is 0 Å². The van der Waals surface area contributed by atoms with Crippen molar-refractivity contribution in [1.29, 1.82) is 0 Å². The molecule has 1 aliphatic carbocycles. The van der Waals surface area contributed by atoms with Crippen molar-refractivity contribution in [3.63, 3.8) is 0 Å². The fraction of sp³-hybridized carbons (Fsp3) is 0.733. The minimum absolute atomic E-state index is 0.652. The Morgan fingerprint density at radius 3 is 2.56 bits per heavy atom. The molecule has 1 saturated carbocycles. The van der Waals surface area contributed by atoms with E-state index in [1.54, 1.807) is 0 Å². The van der Waals surface area contributed by atoms with Gasteiger partial charge < -0.3 is 5.32 Å². The smallest absolute Gasteiger partial charge is 0.0701 e. The van der Waals surface area contributed by atoms with E-state index in [1.807, 2.05) is 11.3 Å². The molecular weight excluding hydrogens is 306 g/mol. The molecular formula is C15H24BrNS. The molecule has 0 aliphatic heterocycles. The number of likely N-dealkylation sites (N-methyl/N-ethyl adjacent to an activating group) is 1. The van der Waals surface area contributed by atoms with Gasteiger partial charge in [-0.1, -0.05) is 38.5 Å². The number of nitrogens with one attached hydrogen (secondary N) is 1. The zero-order valence-corrected chi connectivity index (χ0v) is 13.7. The van der Waals surface area contributed by atoms with Gasteiger partial charge in [-0.25, -0.2) is 0 Å². The molecule has 1 fully saturated rings. The maximum atomic E-state index is 3.55. The molecule has 1 N–H and O–H groups in total. The van der Waals surface area contributed by atoms with Gasteiger partial charge in [0.15, 0.2) is 0 Å². The van der Waals surface area contributed by atoms with E-state index in [1.165, 1.54) is 60.0 Å². The fourth-order valence-electron chi connectivity index (χ4n) is 3.01. The second-order valence-electron chi connectivity index (χ2n) is 5.49. The summed E-state index contributed by atoms with van der Waals surface area (Å²) < 4.78 is 1.25. The van der Waals surface area contributed by atoms with Crippen LogP contribution in [-0.2, 0) is 6.42 Å². The van der Waals surface area contributed by atoms with Gasteiger partial charge in [-0.2, -0.15) is 0 Å². The van der Waals surface area contributed by atoms with Crippen molar-refractivity contribution in [3.05, 3.63) is 20.8 Å². The van der Waals surface area contributed by atoms with Crippen LogP contribution in [0.4, 0.5) is 0 Å². The lowest BCUT2D eigenvalue weighted by Crippen LogP contribution is -2.29. The Balaban J connectivity index is 1.84. The molecule has 102 valence electrons. The zero-order chi connectivity index (χ0) is 12.8. The van der Waals surface area contributed by atoms with Crippen molar-refractivity contribution < 1.29 is 0 Å². The summed E-state index contributed by atoms with van der Waals surface area (Å²) in [7, 11) is 2.12. The Morgan fingerprint density at radius 2 is 2.00 bits per heavy atom. The van der Waals surface area contributed by atoms with Crippen molar-refractivity contribution >= 4 is 27.3 Å². The SMILES string of the molecule is CNC(Cc1ccc(Br)s1)CC1CCCCCC1. The first kappa shape index (κ1) is 14.5. The van der Waals surface area contributed by atoms with Crippen molar-refractivity contribution in [2.45, 2.75) is 57.4 Å². The third-order valence-electron chi connectivity index (χ3n) is 4.08. The van der Waals surface area contributed by atoms with Crippen LogP contribution in [0, 0.1) is 5.92 Å². The van der Waals surface area contributed by atoms with E-state index < -0.39 is 0 Å². The summed E-state index contributed by atoms with van der Waals surface area (Å²) in [5.74, 6) is 0.952. The van der Waals surface area contributed by atoms with Crippen LogP contribution in [0.25, 0.3) is 0 Å². The van der Waals surface area contributed by atoms with E-state index in [-0.39, 0.29) is 0 Å². The van der Waals surface area contributed by atoms with Crippen molar-refractivity contribution in [2.75, 3.05) is 7.05 Å². The highest BCUT2D eigenvalue weighted by Crippen LogP contribution is 2.29. The first-order valence-corrected chi connectivity index (χ1v) is 8.80. The minimum atomic E-state index is 0.652. The maximum Gasteiger partial charge on any atom is 0.0701 e. The summed E-state index contributed by atoms with van der Waals surface area (Å²) in [4.78, 5) is 1.50. The van der Waals surface area contributed by atoms with Crippen LogP contribution in [0.5, 0.6) is 0 Å². The normalized spacial score (nSPS) is 19.7. The number of hydrogen-bond acceptors (Lipinski definition) is 2. The second-order valence-corrected chi connectivity index (χ2v) is 8.04. The van der Waals surface area contributed by atoms with Crippen LogP contribution in [-0.4, -0.2) is 13.1 Å². The molecule has 0 saturated heterocycles. The molecule has 0 aromatic carbocycles. The van der Waals surface area contributed by atoms with E-state index >= 15 is 0 Å². The third kappa shape index (κ3) is 4.67. The highest BCUT2D eigenvalue weighted by Gasteiger charge is 2.17. The largest absolute Gasteiger partial charge is 0.317 e. The molecule has 1 atom stereocenters. The number of rotatable bonds is 5. The summed E-state index contributed by atoms with van der Waals surface area (Å²) >= 11 is 5.43. The standard InChI is InChI=1S/C15H24BrNS/c1-17-13(11-14-8-9-15(16)18-14)10-12-6-4-2-3-5-7-12/h8-9,12-13,17H,2-7,10-11H2,1H3. The zero-order valence-electron chi connectivity index (χ0n) is 11.3. The highest BCUT2D eigenvalue weighted by molar-refractivity contribution is 9.11. The van der Waals surface area contributed by atoms with Gasteiger partial charge in [0.1, 0.15) is 0 Å². The molecule has 1 nitrogen and oxygen atoms in total. The lowest BCUT2D eigenvalue weighted by atomic mass is 9.91. The van der Waals surface area contributed by atoms with Crippen LogP contribution < -0.4 is 5.32 Å². The molecule has 0 radical (unpaired) electrons. The topological polar surface area (TPSA) is 12.0 Å². The van der Waals surface area contributed by atoms with Gasteiger partial charge in [0.05, 0.1) is 3.79 Å². The Bertz CT molecular complexity index is 342. The summed E-state index contributed by atoms with van der Waals surface area (Å²) in [5.41, 5.74) is 0. The van der Waals surface area contributed by atoms with E-state index in [0.717, 1.165) is 5.92 Å². The summed E-state index contributed by atoms with van der Waals surface area (Å²) in [6.45, 7) is 0. The molecule has 0 bridgehead atoms. The number of halogens is 1. The quantitative estimate of drug-likeness (QED) is 0.749. The van der Waals surface area contributed by atoms with Crippen LogP contribution in [0.2, 0.25) is 0 Å². The number of thiophene rings is 1. The minimum Gasteiger partial charge on any atom is -0.317 e. The maximum absolute atomic E-state index is 3.55. The molecule has 3 heteroatoms. The fourth-order valence-corrected chi connectivity index (χ4v) is 4.57. The molecule has 1 aliphatic rings. The second kappa shape index (κ2) is 7.66. The van der Waals surface area contributed by atoms with Gasteiger partial charge in [-0.05, 0) is 53.9 Å². The summed E-state index contributed by atoms with van der Waals surface area (Å²) in [6.07, 6.45) is 11.3. The van der Waals surface area contributed by atoms with Crippen LogP contribution >= 0.6 is 27.3 Å². The van der Waals surface area contributed by atoms with Crippen molar-refractivity contribution in [3.8, 4) is 0 Å². The molecule has 1 aromatic rings. The monoisotopic (exact) mass is 329 g/mol. The molecule has 1 heterocycles. The Kier molecular flexibility index (Phi) is 6.19. The van der Waals surface area contributed by atoms with Gasteiger partial charge in [0.25, 0.3) is 0 Å². The van der Waals surface area contributed by atoms with Gasteiger partial charge in [0.2, 0.25) is 0 Å². The van der Waals surface area contributed by atoms with Gasteiger partial charge in [-0.15, -0.1) is 11.3 Å².